The van der Waals surface area contributed by atoms with Crippen molar-refractivity contribution in [3.63, 3.8) is 0 Å². The van der Waals surface area contributed by atoms with E-state index in [2.05, 4.69) is 0 Å². The summed E-state index contributed by atoms with van der Waals surface area (Å²) in [5.74, 6) is -0.268. The van der Waals surface area contributed by atoms with Crippen LogP contribution in [0.1, 0.15) is 6.42 Å². The van der Waals surface area contributed by atoms with Gasteiger partial charge in [-0.05, 0) is 42.3 Å². The number of aromatic nitrogens is 1. The molecule has 4 heteroatoms. The summed E-state index contributed by atoms with van der Waals surface area (Å²) < 4.78 is 14.5. The number of hydrogen-bond donors (Lipinski definition) is 1. The van der Waals surface area contributed by atoms with Gasteiger partial charge in [-0.2, -0.15) is 0 Å². The number of hydrogen-bond acceptors (Lipinski definition) is 2. The van der Waals surface area contributed by atoms with Crippen molar-refractivity contribution in [3.05, 3.63) is 58.8 Å². The molecular weight excluding hydrogens is 231 g/mol. The van der Waals surface area contributed by atoms with E-state index in [1.165, 1.54) is 18.2 Å². The number of benzene rings is 1. The van der Waals surface area contributed by atoms with E-state index in [4.69, 9.17) is 5.73 Å². The lowest BCUT2D eigenvalue weighted by Gasteiger charge is -2.07. The average Bonchev–Trinajstić information content (AvgIpc) is 2.39. The molecule has 0 saturated heterocycles. The van der Waals surface area contributed by atoms with Crippen molar-refractivity contribution in [1.29, 1.82) is 0 Å². The van der Waals surface area contributed by atoms with E-state index in [1.807, 2.05) is 0 Å². The van der Waals surface area contributed by atoms with Gasteiger partial charge in [0.05, 0.1) is 0 Å². The van der Waals surface area contributed by atoms with E-state index in [9.17, 15) is 9.18 Å². The summed E-state index contributed by atoms with van der Waals surface area (Å²) in [6, 6.07) is 9.48. The first kappa shape index (κ1) is 12.5. The highest BCUT2D eigenvalue weighted by molar-refractivity contribution is 5.62. The molecule has 18 heavy (non-hydrogen) atoms. The topological polar surface area (TPSA) is 48.0 Å². The Hall–Kier alpha value is -1.94. The minimum absolute atomic E-state index is 0.0469. The van der Waals surface area contributed by atoms with Crippen LogP contribution in [0.5, 0.6) is 0 Å². The Kier molecular flexibility index (Phi) is 3.89. The van der Waals surface area contributed by atoms with Crippen LogP contribution in [0.25, 0.3) is 11.1 Å². The molecule has 0 fully saturated rings. The van der Waals surface area contributed by atoms with Crippen molar-refractivity contribution >= 4 is 0 Å². The Morgan fingerprint density at radius 1 is 1.06 bits per heavy atom. The minimum Gasteiger partial charge on any atom is -0.330 e. The summed E-state index contributed by atoms with van der Waals surface area (Å²) in [6.45, 7) is 1.15. The maximum Gasteiger partial charge on any atom is 0.250 e. The third kappa shape index (κ3) is 2.84. The number of halogens is 1. The monoisotopic (exact) mass is 246 g/mol. The van der Waals surface area contributed by atoms with Crippen LogP contribution in [-0.2, 0) is 6.54 Å². The Morgan fingerprint density at radius 3 is 2.39 bits per heavy atom. The van der Waals surface area contributed by atoms with Gasteiger partial charge in [-0.25, -0.2) is 4.39 Å². The largest absolute Gasteiger partial charge is 0.330 e. The molecule has 2 rings (SSSR count). The maximum absolute atomic E-state index is 12.8. The Balaban J connectivity index is 2.34. The molecule has 0 radical (unpaired) electrons. The fourth-order valence-electron chi connectivity index (χ4n) is 1.78. The van der Waals surface area contributed by atoms with Crippen molar-refractivity contribution in [2.24, 2.45) is 5.73 Å². The van der Waals surface area contributed by atoms with Crippen molar-refractivity contribution in [1.82, 2.24) is 4.57 Å². The van der Waals surface area contributed by atoms with Crippen LogP contribution in [0.4, 0.5) is 4.39 Å². The summed E-state index contributed by atoms with van der Waals surface area (Å²) >= 11 is 0. The molecule has 1 heterocycles. The molecule has 0 saturated carbocycles. The quantitative estimate of drug-likeness (QED) is 0.897. The average molecular weight is 246 g/mol. The molecule has 0 bridgehead atoms. The molecular formula is C14H15FN2O. The number of pyridine rings is 1. The van der Waals surface area contributed by atoms with Crippen LogP contribution < -0.4 is 11.3 Å². The smallest absolute Gasteiger partial charge is 0.250 e. The number of nitrogens with two attached hydrogens (primary N) is 1. The van der Waals surface area contributed by atoms with E-state index in [0.717, 1.165) is 17.5 Å². The first-order valence-corrected chi connectivity index (χ1v) is 5.87. The van der Waals surface area contributed by atoms with Gasteiger partial charge in [-0.3, -0.25) is 4.79 Å². The van der Waals surface area contributed by atoms with Gasteiger partial charge < -0.3 is 10.3 Å². The highest BCUT2D eigenvalue weighted by atomic mass is 19.1. The predicted octanol–water partition coefficient (Wildman–Crippen LogP) is 2.00. The summed E-state index contributed by atoms with van der Waals surface area (Å²) in [6.07, 6.45) is 2.54. The molecule has 0 unspecified atom stereocenters. The molecule has 0 amide bonds. The molecule has 94 valence electrons. The van der Waals surface area contributed by atoms with E-state index in [0.29, 0.717) is 13.1 Å². The van der Waals surface area contributed by atoms with Gasteiger partial charge in [0.2, 0.25) is 0 Å². The summed E-state index contributed by atoms with van der Waals surface area (Å²) in [5.41, 5.74) is 7.17. The third-order valence-corrected chi connectivity index (χ3v) is 2.76. The third-order valence-electron chi connectivity index (χ3n) is 2.76. The zero-order valence-electron chi connectivity index (χ0n) is 9.97. The summed E-state index contributed by atoms with van der Waals surface area (Å²) in [7, 11) is 0. The van der Waals surface area contributed by atoms with Crippen molar-refractivity contribution < 1.29 is 4.39 Å². The van der Waals surface area contributed by atoms with E-state index >= 15 is 0 Å². The molecule has 2 aromatic rings. The number of nitrogens with zero attached hydrogens (tertiary/aromatic N) is 1. The maximum atomic E-state index is 12.8. The van der Waals surface area contributed by atoms with Gasteiger partial charge in [-0.15, -0.1) is 0 Å². The molecule has 3 nitrogen and oxygen atoms in total. The highest BCUT2D eigenvalue weighted by Gasteiger charge is 2.01. The Labute approximate surface area is 105 Å². The SMILES string of the molecule is NCCCn1cc(-c2ccc(F)cc2)ccc1=O. The van der Waals surface area contributed by atoms with Crippen LogP contribution >= 0.6 is 0 Å². The van der Waals surface area contributed by atoms with Gasteiger partial charge in [-0.1, -0.05) is 12.1 Å². The van der Waals surface area contributed by atoms with Crippen molar-refractivity contribution in [2.75, 3.05) is 6.54 Å². The second-order valence-electron chi connectivity index (χ2n) is 4.10. The molecule has 0 aliphatic heterocycles. The molecule has 1 aromatic carbocycles. The van der Waals surface area contributed by atoms with E-state index in [1.54, 1.807) is 29.0 Å². The summed E-state index contributed by atoms with van der Waals surface area (Å²) in [4.78, 5) is 11.6. The van der Waals surface area contributed by atoms with Gasteiger partial charge in [0.15, 0.2) is 0 Å². The molecule has 0 aliphatic rings. The standard InChI is InChI=1S/C14H15FN2O/c15-13-5-2-11(3-6-13)12-4-7-14(18)17(10-12)9-1-8-16/h2-7,10H,1,8-9,16H2. The first-order valence-electron chi connectivity index (χ1n) is 5.87. The zero-order chi connectivity index (χ0) is 13.0. The first-order chi connectivity index (χ1) is 8.70. The van der Waals surface area contributed by atoms with Gasteiger partial charge >= 0.3 is 0 Å². The van der Waals surface area contributed by atoms with Gasteiger partial charge in [0.25, 0.3) is 5.56 Å². The lowest BCUT2D eigenvalue weighted by atomic mass is 10.1. The van der Waals surface area contributed by atoms with Crippen LogP contribution in [0.2, 0.25) is 0 Å². The lowest BCUT2D eigenvalue weighted by Crippen LogP contribution is -2.20. The second kappa shape index (κ2) is 5.60. The van der Waals surface area contributed by atoms with E-state index in [-0.39, 0.29) is 11.4 Å². The molecule has 1 aromatic heterocycles. The predicted molar refractivity (Wildman–Crippen MR) is 69.8 cm³/mol. The van der Waals surface area contributed by atoms with Gasteiger partial charge in [0.1, 0.15) is 5.82 Å². The van der Waals surface area contributed by atoms with Crippen LogP contribution in [0, 0.1) is 5.82 Å². The van der Waals surface area contributed by atoms with Crippen LogP contribution in [0.15, 0.2) is 47.4 Å². The second-order valence-corrected chi connectivity index (χ2v) is 4.10. The normalized spacial score (nSPS) is 10.6. The van der Waals surface area contributed by atoms with E-state index < -0.39 is 0 Å². The molecule has 0 aliphatic carbocycles. The molecule has 0 spiro atoms. The Bertz CT molecular complexity index is 575. The lowest BCUT2D eigenvalue weighted by molar-refractivity contribution is 0.627. The summed E-state index contributed by atoms with van der Waals surface area (Å²) in [5, 5.41) is 0. The van der Waals surface area contributed by atoms with Crippen LogP contribution in [-0.4, -0.2) is 11.1 Å². The minimum atomic E-state index is -0.268. The molecule has 0 atom stereocenters. The zero-order valence-corrected chi connectivity index (χ0v) is 9.97. The fourth-order valence-corrected chi connectivity index (χ4v) is 1.78. The van der Waals surface area contributed by atoms with Crippen LogP contribution in [0.3, 0.4) is 0 Å². The molecule has 2 N–H and O–H groups in total. The number of rotatable bonds is 4. The van der Waals surface area contributed by atoms with Crippen molar-refractivity contribution in [3.8, 4) is 11.1 Å². The van der Waals surface area contributed by atoms with Crippen molar-refractivity contribution in [2.45, 2.75) is 13.0 Å². The Morgan fingerprint density at radius 2 is 1.72 bits per heavy atom. The highest BCUT2D eigenvalue weighted by Crippen LogP contribution is 2.18. The fraction of sp³-hybridized carbons (Fsp3) is 0.214. The van der Waals surface area contributed by atoms with Gasteiger partial charge in [0, 0.05) is 18.8 Å². The number of aryl methyl sites for hydroxylation is 1.